The summed E-state index contributed by atoms with van der Waals surface area (Å²) in [6.07, 6.45) is 0. The molecule has 0 unspecified atom stereocenters. The van der Waals surface area contributed by atoms with E-state index in [9.17, 15) is 0 Å². The molecule has 0 spiro atoms. The number of aryl methyl sites for hydroxylation is 2. The van der Waals surface area contributed by atoms with E-state index >= 15 is 0 Å². The number of fused-ring (bicyclic) bond motifs is 1. The number of hydrogen-bond donors (Lipinski definition) is 1. The third kappa shape index (κ3) is 2.19. The Bertz CT molecular complexity index is 713. The maximum atomic E-state index is 4.57. The summed E-state index contributed by atoms with van der Waals surface area (Å²) in [4.78, 5) is 4.57. The van der Waals surface area contributed by atoms with E-state index in [1.54, 1.807) is 0 Å². The molecule has 96 valence electrons. The van der Waals surface area contributed by atoms with E-state index in [4.69, 9.17) is 0 Å². The molecule has 0 saturated carbocycles. The summed E-state index contributed by atoms with van der Waals surface area (Å²) in [5.41, 5.74) is 4.64. The Morgan fingerprint density at radius 3 is 2.58 bits per heavy atom. The van der Waals surface area contributed by atoms with Crippen molar-refractivity contribution in [3.63, 3.8) is 0 Å². The minimum absolute atomic E-state index is 0.733. The van der Waals surface area contributed by atoms with Crippen LogP contribution >= 0.6 is 0 Å². The smallest absolute Gasteiger partial charge is 0.108 e. The van der Waals surface area contributed by atoms with Crippen LogP contribution in [-0.2, 0) is 6.67 Å². The summed E-state index contributed by atoms with van der Waals surface area (Å²) in [5.74, 6) is 1.03. The molecule has 3 heteroatoms. The van der Waals surface area contributed by atoms with Crippen molar-refractivity contribution in [1.82, 2.24) is 9.55 Å². The third-order valence-corrected chi connectivity index (χ3v) is 3.42. The molecular weight excluding hydrogens is 234 g/mol. The van der Waals surface area contributed by atoms with Crippen LogP contribution < -0.4 is 5.32 Å². The molecule has 0 aliphatic heterocycles. The Labute approximate surface area is 112 Å². The normalized spacial score (nSPS) is 10.8. The second-order valence-electron chi connectivity index (χ2n) is 4.73. The van der Waals surface area contributed by atoms with Crippen molar-refractivity contribution in [2.45, 2.75) is 20.5 Å². The molecule has 3 rings (SSSR count). The summed E-state index contributed by atoms with van der Waals surface area (Å²) in [5, 5.41) is 3.47. The highest BCUT2D eigenvalue weighted by Crippen LogP contribution is 2.17. The van der Waals surface area contributed by atoms with Crippen LogP contribution in [0.2, 0.25) is 0 Å². The molecule has 0 aliphatic carbocycles. The zero-order chi connectivity index (χ0) is 13.2. The zero-order valence-electron chi connectivity index (χ0n) is 11.2. The summed E-state index contributed by atoms with van der Waals surface area (Å²) < 4.78 is 2.20. The van der Waals surface area contributed by atoms with Crippen LogP contribution in [0.25, 0.3) is 11.0 Å². The lowest BCUT2D eigenvalue weighted by Crippen LogP contribution is -2.10. The number of anilines is 1. The van der Waals surface area contributed by atoms with E-state index in [0.717, 1.165) is 18.0 Å². The monoisotopic (exact) mass is 251 g/mol. The highest BCUT2D eigenvalue weighted by atomic mass is 15.2. The van der Waals surface area contributed by atoms with Crippen molar-refractivity contribution in [2.75, 3.05) is 5.32 Å². The summed E-state index contributed by atoms with van der Waals surface area (Å²) >= 11 is 0. The van der Waals surface area contributed by atoms with Crippen LogP contribution in [0.15, 0.2) is 48.5 Å². The molecule has 0 aliphatic rings. The van der Waals surface area contributed by atoms with Crippen molar-refractivity contribution in [3.8, 4) is 0 Å². The number of benzene rings is 2. The van der Waals surface area contributed by atoms with Crippen LogP contribution in [0.3, 0.4) is 0 Å². The van der Waals surface area contributed by atoms with E-state index in [-0.39, 0.29) is 0 Å². The van der Waals surface area contributed by atoms with Gasteiger partial charge in [0.15, 0.2) is 0 Å². The molecule has 3 aromatic rings. The van der Waals surface area contributed by atoms with Crippen molar-refractivity contribution in [1.29, 1.82) is 0 Å². The van der Waals surface area contributed by atoms with Gasteiger partial charge in [-0.15, -0.1) is 0 Å². The molecule has 0 radical (unpaired) electrons. The summed E-state index contributed by atoms with van der Waals surface area (Å²) in [7, 11) is 0. The van der Waals surface area contributed by atoms with Gasteiger partial charge in [0, 0.05) is 5.69 Å². The molecule has 0 bridgehead atoms. The van der Waals surface area contributed by atoms with Crippen LogP contribution in [0.5, 0.6) is 0 Å². The molecule has 0 fully saturated rings. The van der Waals surface area contributed by atoms with Crippen molar-refractivity contribution < 1.29 is 0 Å². The van der Waals surface area contributed by atoms with Gasteiger partial charge in [0.05, 0.1) is 17.7 Å². The van der Waals surface area contributed by atoms with Crippen molar-refractivity contribution >= 4 is 16.7 Å². The van der Waals surface area contributed by atoms with Gasteiger partial charge in [0.1, 0.15) is 5.82 Å². The predicted octanol–water partition coefficient (Wildman–Crippen LogP) is 3.72. The van der Waals surface area contributed by atoms with Crippen LogP contribution in [0.1, 0.15) is 11.4 Å². The maximum absolute atomic E-state index is 4.57. The van der Waals surface area contributed by atoms with E-state index in [0.29, 0.717) is 0 Å². The summed E-state index contributed by atoms with van der Waals surface area (Å²) in [6.45, 7) is 4.89. The fraction of sp³-hybridized carbons (Fsp3) is 0.188. The third-order valence-electron chi connectivity index (χ3n) is 3.42. The first kappa shape index (κ1) is 11.8. The molecule has 19 heavy (non-hydrogen) atoms. The van der Waals surface area contributed by atoms with Gasteiger partial charge in [0.2, 0.25) is 0 Å². The molecule has 1 N–H and O–H groups in total. The van der Waals surface area contributed by atoms with Gasteiger partial charge in [-0.3, -0.25) is 0 Å². The molecule has 2 aromatic carbocycles. The first-order chi connectivity index (χ1) is 9.25. The Morgan fingerprint density at radius 2 is 1.74 bits per heavy atom. The fourth-order valence-electron chi connectivity index (χ4n) is 2.33. The minimum atomic E-state index is 0.733. The van der Waals surface area contributed by atoms with Crippen LogP contribution in [0.4, 0.5) is 5.69 Å². The first-order valence-corrected chi connectivity index (χ1v) is 6.47. The van der Waals surface area contributed by atoms with Gasteiger partial charge in [-0.25, -0.2) is 4.98 Å². The number of nitrogens with zero attached hydrogens (tertiary/aromatic N) is 2. The predicted molar refractivity (Wildman–Crippen MR) is 79.3 cm³/mol. The van der Waals surface area contributed by atoms with Gasteiger partial charge in [-0.1, -0.05) is 30.3 Å². The number of nitrogens with one attached hydrogen (secondary N) is 1. The number of aromatic nitrogens is 2. The number of hydrogen-bond acceptors (Lipinski definition) is 2. The Morgan fingerprint density at radius 1 is 1.00 bits per heavy atom. The maximum Gasteiger partial charge on any atom is 0.108 e. The quantitative estimate of drug-likeness (QED) is 0.768. The molecule has 1 heterocycles. The van der Waals surface area contributed by atoms with Crippen molar-refractivity contribution in [2.24, 2.45) is 0 Å². The lowest BCUT2D eigenvalue weighted by atomic mass is 10.2. The largest absolute Gasteiger partial charge is 0.367 e. The fourth-order valence-corrected chi connectivity index (χ4v) is 2.33. The van der Waals surface area contributed by atoms with E-state index in [2.05, 4.69) is 46.1 Å². The van der Waals surface area contributed by atoms with Crippen molar-refractivity contribution in [3.05, 3.63) is 59.9 Å². The highest BCUT2D eigenvalue weighted by Gasteiger charge is 2.06. The number of imidazole rings is 1. The standard InChI is InChI=1S/C16H17N3/c1-12-7-3-4-8-14(12)17-11-19-13(2)18-15-9-5-6-10-16(15)19/h3-10,17H,11H2,1-2H3. The molecule has 0 atom stereocenters. The first-order valence-electron chi connectivity index (χ1n) is 6.47. The average molecular weight is 251 g/mol. The van der Waals surface area contributed by atoms with Gasteiger partial charge in [0.25, 0.3) is 0 Å². The molecule has 3 nitrogen and oxygen atoms in total. The SMILES string of the molecule is Cc1ccccc1NCn1c(C)nc2ccccc21. The number of rotatable bonds is 3. The van der Waals surface area contributed by atoms with Gasteiger partial charge in [-0.2, -0.15) is 0 Å². The van der Waals surface area contributed by atoms with E-state index in [1.807, 2.05) is 31.2 Å². The van der Waals surface area contributed by atoms with Gasteiger partial charge >= 0.3 is 0 Å². The molecule has 0 amide bonds. The van der Waals surface area contributed by atoms with Gasteiger partial charge in [-0.05, 0) is 37.6 Å². The molecular formula is C16H17N3. The molecule has 1 aromatic heterocycles. The Hall–Kier alpha value is -2.29. The minimum Gasteiger partial charge on any atom is -0.367 e. The number of para-hydroxylation sites is 3. The van der Waals surface area contributed by atoms with E-state index in [1.165, 1.54) is 16.8 Å². The Kier molecular flexibility index (Phi) is 2.95. The zero-order valence-corrected chi connectivity index (χ0v) is 11.2. The molecule has 0 saturated heterocycles. The van der Waals surface area contributed by atoms with E-state index < -0.39 is 0 Å². The van der Waals surface area contributed by atoms with Gasteiger partial charge < -0.3 is 9.88 Å². The second kappa shape index (κ2) is 4.76. The highest BCUT2D eigenvalue weighted by molar-refractivity contribution is 5.75. The second-order valence-corrected chi connectivity index (χ2v) is 4.73. The topological polar surface area (TPSA) is 29.9 Å². The Balaban J connectivity index is 1.90. The van der Waals surface area contributed by atoms with Crippen LogP contribution in [0, 0.1) is 13.8 Å². The van der Waals surface area contributed by atoms with Crippen LogP contribution in [-0.4, -0.2) is 9.55 Å². The summed E-state index contributed by atoms with van der Waals surface area (Å²) in [6, 6.07) is 16.5. The lowest BCUT2D eigenvalue weighted by Gasteiger charge is -2.12. The average Bonchev–Trinajstić information content (AvgIpc) is 2.74. The lowest BCUT2D eigenvalue weighted by molar-refractivity contribution is 0.764.